The lowest BCUT2D eigenvalue weighted by molar-refractivity contribution is 0.0975. The summed E-state index contributed by atoms with van der Waals surface area (Å²) in [5.41, 5.74) is 7.03. The van der Waals surface area contributed by atoms with Crippen LogP contribution in [0, 0.1) is 0 Å². The van der Waals surface area contributed by atoms with Crippen molar-refractivity contribution in [2.45, 2.75) is 32.2 Å². The van der Waals surface area contributed by atoms with Gasteiger partial charge >= 0.3 is 6.09 Å². The van der Waals surface area contributed by atoms with E-state index in [0.717, 1.165) is 24.2 Å². The van der Waals surface area contributed by atoms with Gasteiger partial charge in [0.2, 0.25) is 0 Å². The van der Waals surface area contributed by atoms with Crippen LogP contribution in [0.1, 0.15) is 37.0 Å². The number of hydrogen-bond acceptors (Lipinski definition) is 6. The van der Waals surface area contributed by atoms with Crippen LogP contribution < -0.4 is 5.73 Å². The highest BCUT2D eigenvalue weighted by Crippen LogP contribution is 2.15. The van der Waals surface area contributed by atoms with Crippen LogP contribution in [-0.4, -0.2) is 62.9 Å². The van der Waals surface area contributed by atoms with E-state index in [9.17, 15) is 9.90 Å². The lowest BCUT2D eigenvalue weighted by Gasteiger charge is -2.29. The first-order valence-corrected chi connectivity index (χ1v) is 9.65. The number of likely N-dealkylation sites (tertiary alicyclic amines) is 1. The molecule has 0 atom stereocenters. The van der Waals surface area contributed by atoms with Crippen molar-refractivity contribution in [2.24, 2.45) is 10.7 Å². The second-order valence-electron chi connectivity index (χ2n) is 6.79. The molecule has 2 aromatic rings. The molecular weight excluding hydrogens is 372 g/mol. The van der Waals surface area contributed by atoms with Gasteiger partial charge in [-0.3, -0.25) is 10.1 Å². The number of H-pyrrole nitrogens is 1. The molecule has 9 nitrogen and oxygen atoms in total. The lowest BCUT2D eigenvalue weighted by Crippen LogP contribution is -2.40. The average molecular weight is 398 g/mol. The lowest BCUT2D eigenvalue weighted by atomic mass is 10.1. The third-order valence-electron chi connectivity index (χ3n) is 4.58. The first-order valence-electron chi connectivity index (χ1n) is 9.65. The zero-order chi connectivity index (χ0) is 20.6. The molecule has 0 unspecified atom stereocenters. The van der Waals surface area contributed by atoms with E-state index >= 15 is 0 Å². The summed E-state index contributed by atoms with van der Waals surface area (Å²) in [6, 6.07) is 7.04. The summed E-state index contributed by atoms with van der Waals surface area (Å²) in [5, 5.41) is 16.4. The molecule has 1 fully saturated rings. The van der Waals surface area contributed by atoms with Crippen LogP contribution in [0.25, 0.3) is 6.08 Å². The van der Waals surface area contributed by atoms with E-state index < -0.39 is 0 Å². The van der Waals surface area contributed by atoms with E-state index in [0.29, 0.717) is 37.8 Å². The number of phenolic OH excluding ortho intramolecular Hbond substituents is 1. The van der Waals surface area contributed by atoms with Crippen LogP contribution in [-0.2, 0) is 11.2 Å². The van der Waals surface area contributed by atoms with Crippen molar-refractivity contribution in [3.05, 3.63) is 47.6 Å². The molecule has 1 saturated heterocycles. The minimum atomic E-state index is -0.268. The number of aromatic amines is 1. The minimum absolute atomic E-state index is 0.0857. The van der Waals surface area contributed by atoms with E-state index in [4.69, 9.17) is 10.5 Å². The summed E-state index contributed by atoms with van der Waals surface area (Å²) in [5.74, 6) is 1.88. The fraction of sp³-hybridized carbons (Fsp3) is 0.400. The monoisotopic (exact) mass is 398 g/mol. The zero-order valence-corrected chi connectivity index (χ0v) is 16.4. The molecule has 1 aromatic heterocycles. The number of aromatic nitrogens is 3. The van der Waals surface area contributed by atoms with Crippen molar-refractivity contribution in [2.75, 3.05) is 19.7 Å². The molecule has 0 aliphatic carbocycles. The van der Waals surface area contributed by atoms with E-state index in [1.807, 2.05) is 12.1 Å². The highest BCUT2D eigenvalue weighted by molar-refractivity contribution is 5.94. The standard InChI is InChI=1S/C20H26N6O3/c1-2-29-20(28)26-11-9-15(10-12-26)22-17(21)7-8-18-23-19(25-24-18)13-14-3-5-16(27)6-4-14/h3-8,15,27H,2,9-13H2,1H3,(H2,21,22)(H,23,24,25)/b8-7-. The second-order valence-corrected chi connectivity index (χ2v) is 6.79. The Labute approximate surface area is 169 Å². The largest absolute Gasteiger partial charge is 0.508 e. The van der Waals surface area contributed by atoms with Gasteiger partial charge in [-0.1, -0.05) is 12.1 Å². The number of ether oxygens (including phenoxy) is 1. The number of aliphatic imine (C=N–C) groups is 1. The normalized spacial score (nSPS) is 15.8. The predicted octanol–water partition coefficient (Wildman–Crippen LogP) is 2.09. The Kier molecular flexibility index (Phi) is 6.83. The highest BCUT2D eigenvalue weighted by atomic mass is 16.6. The number of nitrogens with two attached hydrogens (primary N) is 1. The van der Waals surface area contributed by atoms with E-state index in [1.165, 1.54) is 0 Å². The number of amidine groups is 1. The summed E-state index contributed by atoms with van der Waals surface area (Å²) in [6.45, 7) is 3.41. The Bertz CT molecular complexity index is 867. The first-order chi connectivity index (χ1) is 14.0. The number of nitrogens with one attached hydrogen (secondary N) is 1. The van der Waals surface area contributed by atoms with Gasteiger partial charge in [-0.25, -0.2) is 9.78 Å². The van der Waals surface area contributed by atoms with Crippen molar-refractivity contribution in [3.63, 3.8) is 0 Å². The smallest absolute Gasteiger partial charge is 0.409 e. The van der Waals surface area contributed by atoms with Gasteiger partial charge in [-0.05, 0) is 49.6 Å². The molecule has 1 aliphatic heterocycles. The van der Waals surface area contributed by atoms with Crippen LogP contribution >= 0.6 is 0 Å². The molecule has 154 valence electrons. The molecule has 0 radical (unpaired) electrons. The molecule has 1 amide bonds. The minimum Gasteiger partial charge on any atom is -0.508 e. The second kappa shape index (κ2) is 9.72. The van der Waals surface area contributed by atoms with Gasteiger partial charge in [-0.15, -0.1) is 0 Å². The van der Waals surface area contributed by atoms with Crippen LogP contribution in [0.2, 0.25) is 0 Å². The van der Waals surface area contributed by atoms with Gasteiger partial charge in [0.1, 0.15) is 17.4 Å². The summed E-state index contributed by atoms with van der Waals surface area (Å²) in [7, 11) is 0. The van der Waals surface area contributed by atoms with Crippen molar-refractivity contribution in [3.8, 4) is 5.75 Å². The molecule has 0 saturated carbocycles. The number of phenols is 1. The molecule has 0 spiro atoms. The average Bonchev–Trinajstić information content (AvgIpc) is 3.16. The van der Waals surface area contributed by atoms with Crippen LogP contribution in [0.4, 0.5) is 4.79 Å². The topological polar surface area (TPSA) is 130 Å². The molecule has 4 N–H and O–H groups in total. The number of carbonyl (C=O) groups excluding carboxylic acids is 1. The number of aromatic hydroxyl groups is 1. The maximum Gasteiger partial charge on any atom is 0.409 e. The Hall–Kier alpha value is -3.36. The number of hydrogen-bond donors (Lipinski definition) is 3. The fourth-order valence-corrected chi connectivity index (χ4v) is 3.08. The van der Waals surface area contributed by atoms with Gasteiger partial charge in [-0.2, -0.15) is 5.10 Å². The molecule has 2 heterocycles. The third-order valence-corrected chi connectivity index (χ3v) is 4.58. The van der Waals surface area contributed by atoms with Gasteiger partial charge < -0.3 is 20.5 Å². The van der Waals surface area contributed by atoms with Crippen LogP contribution in [0.15, 0.2) is 35.3 Å². The SMILES string of the molecule is CCOC(=O)N1CCC(N=C(N)/C=C\c2n[nH]c(Cc3ccc(O)cc3)n2)CC1. The van der Waals surface area contributed by atoms with E-state index in [1.54, 1.807) is 36.1 Å². The van der Waals surface area contributed by atoms with Gasteiger partial charge in [0.25, 0.3) is 0 Å². The number of nitrogens with zero attached hydrogens (tertiary/aromatic N) is 4. The fourth-order valence-electron chi connectivity index (χ4n) is 3.08. The summed E-state index contributed by atoms with van der Waals surface area (Å²) in [6.07, 6.45) is 5.23. The van der Waals surface area contributed by atoms with Crippen molar-refractivity contribution >= 4 is 18.0 Å². The first kappa shape index (κ1) is 20.4. The zero-order valence-electron chi connectivity index (χ0n) is 16.4. The number of piperidine rings is 1. The Morgan fingerprint density at radius 3 is 2.79 bits per heavy atom. The van der Waals surface area contributed by atoms with Crippen molar-refractivity contribution in [1.29, 1.82) is 0 Å². The molecule has 0 bridgehead atoms. The highest BCUT2D eigenvalue weighted by Gasteiger charge is 2.23. The Morgan fingerprint density at radius 2 is 2.10 bits per heavy atom. The van der Waals surface area contributed by atoms with Crippen LogP contribution in [0.3, 0.4) is 0 Å². The van der Waals surface area contributed by atoms with Crippen molar-refractivity contribution < 1.29 is 14.6 Å². The third kappa shape index (κ3) is 6.06. The molecule has 9 heteroatoms. The maximum absolute atomic E-state index is 11.7. The molecule has 3 rings (SSSR count). The van der Waals surface area contributed by atoms with E-state index in [2.05, 4.69) is 20.2 Å². The quantitative estimate of drug-likeness (QED) is 0.505. The summed E-state index contributed by atoms with van der Waals surface area (Å²) >= 11 is 0. The Balaban J connectivity index is 1.50. The van der Waals surface area contributed by atoms with Crippen LogP contribution in [0.5, 0.6) is 5.75 Å². The summed E-state index contributed by atoms with van der Waals surface area (Å²) < 4.78 is 5.02. The predicted molar refractivity (Wildman–Crippen MR) is 110 cm³/mol. The molecule has 29 heavy (non-hydrogen) atoms. The van der Waals surface area contributed by atoms with Crippen molar-refractivity contribution in [1.82, 2.24) is 20.1 Å². The number of carbonyl (C=O) groups is 1. The number of rotatable bonds is 6. The van der Waals surface area contributed by atoms with E-state index in [-0.39, 0.29) is 17.9 Å². The molecule has 1 aliphatic rings. The number of amides is 1. The number of benzene rings is 1. The maximum atomic E-state index is 11.7. The van der Waals surface area contributed by atoms with Gasteiger partial charge in [0, 0.05) is 19.5 Å². The van der Waals surface area contributed by atoms with Gasteiger partial charge in [0.15, 0.2) is 5.82 Å². The molecule has 1 aromatic carbocycles. The summed E-state index contributed by atoms with van der Waals surface area (Å²) in [4.78, 5) is 22.3. The van der Waals surface area contributed by atoms with Gasteiger partial charge in [0.05, 0.1) is 12.6 Å². The molecular formula is C20H26N6O3. The Morgan fingerprint density at radius 1 is 1.38 bits per heavy atom.